The zero-order valence-electron chi connectivity index (χ0n) is 24.5. The number of rotatable bonds is 18. The Morgan fingerprint density at radius 3 is 2.19 bits per heavy atom. The molecule has 0 bridgehead atoms. The number of nitrogens with zero attached hydrogens (tertiary/aromatic N) is 2. The molecule has 0 radical (unpaired) electrons. The summed E-state index contributed by atoms with van der Waals surface area (Å²) in [6.45, 7) is 7.74. The fraction of sp³-hybridized carbons (Fsp3) is 0.433. The summed E-state index contributed by atoms with van der Waals surface area (Å²) in [4.78, 5) is 19.1. The second-order valence-corrected chi connectivity index (χ2v) is 13.9. The third kappa shape index (κ3) is 8.91. The van der Waals surface area contributed by atoms with Crippen molar-refractivity contribution in [3.05, 3.63) is 48.1 Å². The first-order valence-electron chi connectivity index (χ1n) is 13.9. The van der Waals surface area contributed by atoms with Gasteiger partial charge >= 0.3 is 0 Å². The van der Waals surface area contributed by atoms with Crippen molar-refractivity contribution >= 4 is 60.0 Å². The first kappa shape index (κ1) is 32.7. The van der Waals surface area contributed by atoms with E-state index < -0.39 is 14.6 Å². The summed E-state index contributed by atoms with van der Waals surface area (Å²) in [5.41, 5.74) is 4.83. The van der Waals surface area contributed by atoms with Crippen LogP contribution in [-0.2, 0) is 33.6 Å². The summed E-state index contributed by atoms with van der Waals surface area (Å²) < 4.78 is 54.7. The van der Waals surface area contributed by atoms with Gasteiger partial charge in [0, 0.05) is 29.0 Å². The average Bonchev–Trinajstić information content (AvgIpc) is 3.44. The Labute approximate surface area is 255 Å². The molecule has 4 rings (SSSR count). The molecule has 13 heteroatoms. The minimum absolute atomic E-state index is 0.0663. The fourth-order valence-electron chi connectivity index (χ4n) is 4.01. The Kier molecular flexibility index (Phi) is 11.8. The molecule has 0 saturated carbocycles. The maximum atomic E-state index is 13.6. The maximum Gasteiger partial charge on any atom is 0.186 e. The first-order valence-corrected chi connectivity index (χ1v) is 16.2. The van der Waals surface area contributed by atoms with Gasteiger partial charge in [0.15, 0.2) is 9.84 Å². The van der Waals surface area contributed by atoms with Crippen LogP contribution in [0.15, 0.2) is 53.0 Å². The Morgan fingerprint density at radius 1 is 0.837 bits per heavy atom. The lowest BCUT2D eigenvalue weighted by molar-refractivity contribution is -0.112. The van der Waals surface area contributed by atoms with Gasteiger partial charge in [-0.2, -0.15) is 0 Å². The molecule has 2 aromatic carbocycles. The maximum absolute atomic E-state index is 13.6. The number of carbonyl (C=O) groups is 1. The van der Waals surface area contributed by atoms with Crippen LogP contribution in [0, 0.1) is 0 Å². The standard InChI is InChI=1S/C30H37N3O8S2/c1-30(2,3)43(35,36)29-19-23-24(33-22-4-5-28-26(18-22)32-21-42-28)6-7-31-25(23)20-27(29)41-17-16-40-15-14-39-13-12-38-11-10-37-9-8-34/h4-8,18-21H,9-17H2,1-3H3,(H,31,33). The number of fused-ring (bicyclic) bond motifs is 2. The molecule has 0 aliphatic carbocycles. The van der Waals surface area contributed by atoms with Gasteiger partial charge in [0.2, 0.25) is 0 Å². The molecule has 43 heavy (non-hydrogen) atoms. The molecule has 0 amide bonds. The van der Waals surface area contributed by atoms with Crippen LogP contribution in [0.25, 0.3) is 21.1 Å². The summed E-state index contributed by atoms with van der Waals surface area (Å²) >= 11 is 1.57. The van der Waals surface area contributed by atoms with Gasteiger partial charge in [-0.05, 0) is 51.1 Å². The van der Waals surface area contributed by atoms with E-state index in [0.29, 0.717) is 56.8 Å². The van der Waals surface area contributed by atoms with E-state index in [-0.39, 0.29) is 30.5 Å². The highest BCUT2D eigenvalue weighted by Crippen LogP contribution is 2.38. The number of carbonyl (C=O) groups excluding carboxylic acids is 1. The molecule has 1 N–H and O–H groups in total. The fourth-order valence-corrected chi connectivity index (χ4v) is 5.98. The number of hydrogen-bond acceptors (Lipinski definition) is 12. The van der Waals surface area contributed by atoms with Crippen LogP contribution in [-0.4, -0.2) is 88.9 Å². The summed E-state index contributed by atoms with van der Waals surface area (Å²) in [7, 11) is -3.76. The van der Waals surface area contributed by atoms with Gasteiger partial charge in [0.05, 0.1) is 72.2 Å². The molecular weight excluding hydrogens is 594 g/mol. The van der Waals surface area contributed by atoms with Crippen LogP contribution >= 0.6 is 11.3 Å². The molecule has 4 aromatic rings. The van der Waals surface area contributed by atoms with E-state index in [0.717, 1.165) is 21.6 Å². The Balaban J connectivity index is 1.37. The average molecular weight is 632 g/mol. The molecule has 11 nitrogen and oxygen atoms in total. The third-order valence-electron chi connectivity index (χ3n) is 6.30. The van der Waals surface area contributed by atoms with E-state index >= 15 is 0 Å². The van der Waals surface area contributed by atoms with Crippen molar-refractivity contribution in [3.63, 3.8) is 0 Å². The normalized spacial score (nSPS) is 12.2. The van der Waals surface area contributed by atoms with Crippen molar-refractivity contribution in [1.29, 1.82) is 0 Å². The van der Waals surface area contributed by atoms with Gasteiger partial charge in [0.25, 0.3) is 0 Å². The topological polar surface area (TPSA) is 135 Å². The molecule has 0 aliphatic rings. The van der Waals surface area contributed by atoms with E-state index in [1.54, 1.807) is 55.9 Å². The highest BCUT2D eigenvalue weighted by Gasteiger charge is 2.34. The van der Waals surface area contributed by atoms with E-state index in [1.165, 1.54) is 0 Å². The number of benzene rings is 2. The van der Waals surface area contributed by atoms with Gasteiger partial charge in [-0.1, -0.05) is 0 Å². The van der Waals surface area contributed by atoms with E-state index in [2.05, 4.69) is 15.3 Å². The number of nitrogens with one attached hydrogen (secondary N) is 1. The number of anilines is 2. The van der Waals surface area contributed by atoms with Gasteiger partial charge in [0.1, 0.15) is 30.1 Å². The van der Waals surface area contributed by atoms with Crippen LogP contribution in [0.5, 0.6) is 5.75 Å². The van der Waals surface area contributed by atoms with Crippen molar-refractivity contribution in [1.82, 2.24) is 9.97 Å². The molecule has 0 unspecified atom stereocenters. The number of aromatic nitrogens is 2. The predicted octanol–water partition coefficient (Wildman–Crippen LogP) is 4.80. The molecule has 0 fully saturated rings. The summed E-state index contributed by atoms with van der Waals surface area (Å²) in [6, 6.07) is 11.0. The summed E-state index contributed by atoms with van der Waals surface area (Å²) in [5, 5.41) is 4.05. The lowest BCUT2D eigenvalue weighted by Gasteiger charge is -2.22. The SMILES string of the molecule is CC(C)(C)S(=O)(=O)c1cc2c(Nc3ccc4scnc4c3)ccnc2cc1OCCOCCOCCOCCOCC=O. The van der Waals surface area contributed by atoms with Crippen molar-refractivity contribution in [2.45, 2.75) is 30.4 Å². The first-order chi connectivity index (χ1) is 20.7. The molecule has 0 saturated heterocycles. The van der Waals surface area contributed by atoms with Crippen LogP contribution < -0.4 is 10.1 Å². The largest absolute Gasteiger partial charge is 0.490 e. The number of hydrogen-bond donors (Lipinski definition) is 1. The Morgan fingerprint density at radius 2 is 1.51 bits per heavy atom. The van der Waals surface area contributed by atoms with E-state index in [4.69, 9.17) is 23.7 Å². The highest BCUT2D eigenvalue weighted by atomic mass is 32.2. The van der Waals surface area contributed by atoms with Crippen molar-refractivity contribution in [2.75, 3.05) is 64.8 Å². The predicted molar refractivity (Wildman–Crippen MR) is 166 cm³/mol. The van der Waals surface area contributed by atoms with Gasteiger partial charge < -0.3 is 33.8 Å². The Hall–Kier alpha value is -3.20. The lowest BCUT2D eigenvalue weighted by Crippen LogP contribution is -2.28. The zero-order chi connectivity index (χ0) is 30.7. The number of ether oxygens (including phenoxy) is 5. The van der Waals surface area contributed by atoms with Crippen molar-refractivity contribution in [2.24, 2.45) is 0 Å². The van der Waals surface area contributed by atoms with Crippen LogP contribution in [0.1, 0.15) is 20.8 Å². The quantitative estimate of drug-likeness (QED) is 0.120. The van der Waals surface area contributed by atoms with Crippen LogP contribution in [0.4, 0.5) is 11.4 Å². The van der Waals surface area contributed by atoms with Gasteiger partial charge in [-0.15, -0.1) is 11.3 Å². The molecular formula is C30H37N3O8S2. The van der Waals surface area contributed by atoms with Crippen LogP contribution in [0.2, 0.25) is 0 Å². The minimum Gasteiger partial charge on any atom is -0.490 e. The lowest BCUT2D eigenvalue weighted by atomic mass is 10.1. The van der Waals surface area contributed by atoms with Gasteiger partial charge in [-0.25, -0.2) is 13.4 Å². The highest BCUT2D eigenvalue weighted by molar-refractivity contribution is 7.92. The third-order valence-corrected chi connectivity index (χ3v) is 9.62. The Bertz CT molecular complexity index is 1600. The molecule has 2 heterocycles. The van der Waals surface area contributed by atoms with E-state index in [9.17, 15) is 13.2 Å². The molecule has 2 aromatic heterocycles. The van der Waals surface area contributed by atoms with Crippen molar-refractivity contribution in [3.8, 4) is 5.75 Å². The molecule has 232 valence electrons. The molecule has 0 spiro atoms. The summed E-state index contributed by atoms with van der Waals surface area (Å²) in [5.74, 6) is 0.227. The number of thiazole rings is 1. The minimum atomic E-state index is -3.76. The number of sulfone groups is 1. The number of pyridine rings is 1. The molecule has 0 aliphatic heterocycles. The van der Waals surface area contributed by atoms with Gasteiger partial charge in [-0.3, -0.25) is 4.98 Å². The van der Waals surface area contributed by atoms with E-state index in [1.807, 2.05) is 24.3 Å². The summed E-state index contributed by atoms with van der Waals surface area (Å²) in [6.07, 6.45) is 2.36. The van der Waals surface area contributed by atoms with Crippen molar-refractivity contribution < 1.29 is 36.9 Å². The second kappa shape index (κ2) is 15.5. The monoisotopic (exact) mass is 631 g/mol. The zero-order valence-corrected chi connectivity index (χ0v) is 26.2. The smallest absolute Gasteiger partial charge is 0.186 e. The molecule has 0 atom stereocenters. The second-order valence-electron chi connectivity index (χ2n) is 10.4. The van der Waals surface area contributed by atoms with Crippen LogP contribution in [0.3, 0.4) is 0 Å². The number of aldehydes is 1.